The van der Waals surface area contributed by atoms with Gasteiger partial charge in [-0.2, -0.15) is 4.31 Å². The van der Waals surface area contributed by atoms with Crippen LogP contribution in [-0.2, 0) is 10.0 Å². The first-order valence-corrected chi connectivity index (χ1v) is 10.7. The summed E-state index contributed by atoms with van der Waals surface area (Å²) in [6.07, 6.45) is 0. The van der Waals surface area contributed by atoms with Crippen molar-refractivity contribution < 1.29 is 18.0 Å². The maximum absolute atomic E-state index is 12.7. The zero-order chi connectivity index (χ0) is 20.2. The number of ketones is 1. The molecule has 2 rings (SSSR count). The van der Waals surface area contributed by atoms with Gasteiger partial charge in [-0.1, -0.05) is 26.0 Å². The molecule has 6 nitrogen and oxygen atoms in total. The molecule has 1 amide bonds. The van der Waals surface area contributed by atoms with Crippen LogP contribution in [-0.4, -0.2) is 37.5 Å². The number of carbonyl (C=O) groups is 2. The van der Waals surface area contributed by atoms with Crippen LogP contribution in [0.3, 0.4) is 0 Å². The lowest BCUT2D eigenvalue weighted by atomic mass is 10.1. The number of anilines is 1. The van der Waals surface area contributed by atoms with Crippen molar-refractivity contribution in [2.45, 2.75) is 25.7 Å². The Morgan fingerprint density at radius 1 is 1.04 bits per heavy atom. The smallest absolute Gasteiger partial charge is 0.256 e. The van der Waals surface area contributed by atoms with Crippen LogP contribution in [0, 0.1) is 0 Å². The van der Waals surface area contributed by atoms with Gasteiger partial charge >= 0.3 is 0 Å². The van der Waals surface area contributed by atoms with E-state index < -0.39 is 15.9 Å². The number of nitrogens with one attached hydrogen (secondary N) is 1. The van der Waals surface area contributed by atoms with Crippen LogP contribution in [0.2, 0.25) is 0 Å². The standard InChI is InChI=1S/C19H21BrN2O4S/c1-4-22(5-2)27(25,26)14-10-11-17(20)16(12-14)19(24)21-18-9-7-6-8-15(18)13(3)23/h6-12H,4-5H2,1-3H3,(H,21,24). The normalized spacial score (nSPS) is 11.4. The van der Waals surface area contributed by atoms with Gasteiger partial charge in [0.2, 0.25) is 10.0 Å². The molecule has 0 aliphatic heterocycles. The molecule has 144 valence electrons. The van der Waals surface area contributed by atoms with Crippen LogP contribution >= 0.6 is 15.9 Å². The van der Waals surface area contributed by atoms with Gasteiger partial charge < -0.3 is 5.32 Å². The highest BCUT2D eigenvalue weighted by molar-refractivity contribution is 9.10. The molecule has 0 saturated heterocycles. The molecule has 1 N–H and O–H groups in total. The van der Waals surface area contributed by atoms with Crippen molar-refractivity contribution in [2.24, 2.45) is 0 Å². The summed E-state index contributed by atoms with van der Waals surface area (Å²) in [4.78, 5) is 24.5. The van der Waals surface area contributed by atoms with E-state index >= 15 is 0 Å². The zero-order valence-electron chi connectivity index (χ0n) is 15.3. The van der Waals surface area contributed by atoms with Crippen molar-refractivity contribution in [3.8, 4) is 0 Å². The maximum Gasteiger partial charge on any atom is 0.256 e. The summed E-state index contributed by atoms with van der Waals surface area (Å²) in [5.41, 5.74) is 0.925. The third-order valence-electron chi connectivity index (χ3n) is 4.08. The van der Waals surface area contributed by atoms with Crippen molar-refractivity contribution in [3.63, 3.8) is 0 Å². The number of hydrogen-bond donors (Lipinski definition) is 1. The summed E-state index contributed by atoms with van der Waals surface area (Å²) >= 11 is 3.29. The Labute approximate surface area is 167 Å². The van der Waals surface area contributed by atoms with Gasteiger partial charge in [0.1, 0.15) is 0 Å². The van der Waals surface area contributed by atoms with Gasteiger partial charge in [-0.3, -0.25) is 9.59 Å². The van der Waals surface area contributed by atoms with Crippen LogP contribution in [0.4, 0.5) is 5.69 Å². The number of nitrogens with zero attached hydrogens (tertiary/aromatic N) is 1. The first-order valence-electron chi connectivity index (χ1n) is 8.43. The molecule has 27 heavy (non-hydrogen) atoms. The Hall–Kier alpha value is -2.03. The lowest BCUT2D eigenvalue weighted by molar-refractivity contribution is 0.101. The lowest BCUT2D eigenvalue weighted by Crippen LogP contribution is -2.30. The molecule has 0 unspecified atom stereocenters. The van der Waals surface area contributed by atoms with E-state index in [0.717, 1.165) is 0 Å². The summed E-state index contributed by atoms with van der Waals surface area (Å²) in [5.74, 6) is -0.685. The van der Waals surface area contributed by atoms with Gasteiger partial charge in [-0.05, 0) is 53.2 Å². The summed E-state index contributed by atoms with van der Waals surface area (Å²) in [7, 11) is -3.69. The predicted octanol–water partition coefficient (Wildman–Crippen LogP) is 3.93. The Morgan fingerprint density at radius 2 is 1.67 bits per heavy atom. The highest BCUT2D eigenvalue weighted by Crippen LogP contribution is 2.25. The van der Waals surface area contributed by atoms with E-state index in [0.29, 0.717) is 28.8 Å². The van der Waals surface area contributed by atoms with Gasteiger partial charge in [0, 0.05) is 23.1 Å². The monoisotopic (exact) mass is 452 g/mol. The molecule has 2 aromatic carbocycles. The van der Waals surface area contributed by atoms with Crippen LogP contribution in [0.15, 0.2) is 51.8 Å². The van der Waals surface area contributed by atoms with Gasteiger partial charge in [0.15, 0.2) is 5.78 Å². The number of amides is 1. The van der Waals surface area contributed by atoms with Gasteiger partial charge in [-0.15, -0.1) is 0 Å². The van der Waals surface area contributed by atoms with Crippen molar-refractivity contribution in [2.75, 3.05) is 18.4 Å². The van der Waals surface area contributed by atoms with E-state index in [1.165, 1.54) is 29.4 Å². The second-order valence-corrected chi connectivity index (χ2v) is 8.58. The topological polar surface area (TPSA) is 83.6 Å². The van der Waals surface area contributed by atoms with Crippen molar-refractivity contribution in [3.05, 3.63) is 58.1 Å². The second-order valence-electron chi connectivity index (χ2n) is 5.79. The zero-order valence-corrected chi connectivity index (χ0v) is 17.7. The molecule has 0 spiro atoms. The lowest BCUT2D eigenvalue weighted by Gasteiger charge is -2.19. The molecule has 0 atom stereocenters. The molecule has 0 aliphatic carbocycles. The van der Waals surface area contributed by atoms with Crippen molar-refractivity contribution >= 4 is 43.3 Å². The van der Waals surface area contributed by atoms with Gasteiger partial charge in [-0.25, -0.2) is 8.42 Å². The van der Waals surface area contributed by atoms with E-state index in [9.17, 15) is 18.0 Å². The van der Waals surface area contributed by atoms with Gasteiger partial charge in [0.25, 0.3) is 5.91 Å². The Bertz CT molecular complexity index is 969. The average Bonchev–Trinajstić information content (AvgIpc) is 2.62. The summed E-state index contributed by atoms with van der Waals surface area (Å²) in [6, 6.07) is 11.0. The minimum absolute atomic E-state index is 0.0411. The number of sulfonamides is 1. The largest absolute Gasteiger partial charge is 0.321 e. The Morgan fingerprint density at radius 3 is 2.26 bits per heavy atom. The molecule has 2 aromatic rings. The number of benzene rings is 2. The molecule has 0 aliphatic rings. The molecule has 0 radical (unpaired) electrons. The molecule has 0 bridgehead atoms. The molecule has 0 aromatic heterocycles. The molecular weight excluding hydrogens is 432 g/mol. The first kappa shape index (κ1) is 21.3. The SMILES string of the molecule is CCN(CC)S(=O)(=O)c1ccc(Br)c(C(=O)Nc2ccccc2C(C)=O)c1. The minimum Gasteiger partial charge on any atom is -0.321 e. The van der Waals surface area contributed by atoms with E-state index in [1.54, 1.807) is 38.1 Å². The van der Waals surface area contributed by atoms with Crippen LogP contribution in [0.5, 0.6) is 0 Å². The fourth-order valence-electron chi connectivity index (χ4n) is 2.64. The second kappa shape index (κ2) is 8.77. The van der Waals surface area contributed by atoms with Crippen LogP contribution in [0.25, 0.3) is 0 Å². The Kier molecular flexibility index (Phi) is 6.91. The highest BCUT2D eigenvalue weighted by Gasteiger charge is 2.24. The highest BCUT2D eigenvalue weighted by atomic mass is 79.9. The number of hydrogen-bond acceptors (Lipinski definition) is 4. The van der Waals surface area contributed by atoms with Crippen molar-refractivity contribution in [1.29, 1.82) is 0 Å². The number of carbonyl (C=O) groups excluding carboxylic acids is 2. The average molecular weight is 453 g/mol. The summed E-state index contributed by atoms with van der Waals surface area (Å²) in [5, 5.41) is 2.69. The van der Waals surface area contributed by atoms with E-state index in [2.05, 4.69) is 21.2 Å². The van der Waals surface area contributed by atoms with Gasteiger partial charge in [0.05, 0.1) is 16.1 Å². The first-order chi connectivity index (χ1) is 12.7. The van der Waals surface area contributed by atoms with E-state index in [1.807, 2.05) is 0 Å². The van der Waals surface area contributed by atoms with Crippen LogP contribution in [0.1, 0.15) is 41.5 Å². The van der Waals surface area contributed by atoms with E-state index in [4.69, 9.17) is 0 Å². The number of halogens is 1. The molecular formula is C19H21BrN2O4S. The minimum atomic E-state index is -3.69. The van der Waals surface area contributed by atoms with Crippen LogP contribution < -0.4 is 5.32 Å². The molecule has 0 heterocycles. The number of rotatable bonds is 7. The van der Waals surface area contributed by atoms with E-state index in [-0.39, 0.29) is 16.2 Å². The van der Waals surface area contributed by atoms with Crippen molar-refractivity contribution in [1.82, 2.24) is 4.31 Å². The quantitative estimate of drug-likeness (QED) is 0.644. The predicted molar refractivity (Wildman–Crippen MR) is 109 cm³/mol. The molecule has 8 heteroatoms. The molecule has 0 fully saturated rings. The third-order valence-corrected chi connectivity index (χ3v) is 6.82. The summed E-state index contributed by atoms with van der Waals surface area (Å²) < 4.78 is 27.2. The fraction of sp³-hybridized carbons (Fsp3) is 0.263. The summed E-state index contributed by atoms with van der Waals surface area (Å²) in [6.45, 7) is 5.60. The number of Topliss-reactive ketones (excluding diaryl/α,β-unsaturated/α-hetero) is 1. The number of para-hydroxylation sites is 1. The fourth-order valence-corrected chi connectivity index (χ4v) is 4.55. The third kappa shape index (κ3) is 4.63. The maximum atomic E-state index is 12.7. The Balaban J connectivity index is 2.42. The molecule has 0 saturated carbocycles.